The van der Waals surface area contributed by atoms with E-state index in [1.807, 2.05) is 17.0 Å². The number of rotatable bonds is 3. The van der Waals surface area contributed by atoms with E-state index < -0.39 is 0 Å². The lowest BCUT2D eigenvalue weighted by molar-refractivity contribution is 0.208. The zero-order valence-corrected chi connectivity index (χ0v) is 16.0. The van der Waals surface area contributed by atoms with Crippen LogP contribution in [-0.4, -0.2) is 50.2 Å². The van der Waals surface area contributed by atoms with Gasteiger partial charge in [-0.3, -0.25) is 0 Å². The maximum Gasteiger partial charge on any atom is 0.321 e. The van der Waals surface area contributed by atoms with Crippen molar-refractivity contribution in [1.82, 2.24) is 4.90 Å². The molecule has 2 saturated heterocycles. The van der Waals surface area contributed by atoms with Gasteiger partial charge < -0.3 is 20.0 Å². The predicted molar refractivity (Wildman–Crippen MR) is 112 cm³/mol. The molecule has 5 heteroatoms. The van der Waals surface area contributed by atoms with Crippen molar-refractivity contribution in [2.24, 2.45) is 0 Å². The molecule has 0 bridgehead atoms. The van der Waals surface area contributed by atoms with Gasteiger partial charge in [-0.1, -0.05) is 18.2 Å². The van der Waals surface area contributed by atoms with E-state index in [9.17, 15) is 4.79 Å². The summed E-state index contributed by atoms with van der Waals surface area (Å²) >= 11 is 0. The number of hydrogen-bond acceptors (Lipinski definition) is 3. The van der Waals surface area contributed by atoms with Gasteiger partial charge in [0, 0.05) is 56.3 Å². The van der Waals surface area contributed by atoms with Crippen LogP contribution in [0.3, 0.4) is 0 Å². The standard InChI is InChI=1S/C22H28N4O/c1-18-6-2-3-7-21(18)25-14-16-26(17-15-25)22(27)23-19-8-10-20(11-9-19)24-12-4-5-13-24/h2-3,6-11H,4-5,12-17H2,1H3,(H,23,27). The number of nitrogens with zero attached hydrogens (tertiary/aromatic N) is 3. The quantitative estimate of drug-likeness (QED) is 0.896. The Morgan fingerprint density at radius 1 is 0.815 bits per heavy atom. The minimum absolute atomic E-state index is 0.00615. The second kappa shape index (κ2) is 7.91. The number of benzene rings is 2. The number of hydrogen-bond donors (Lipinski definition) is 1. The van der Waals surface area contributed by atoms with E-state index in [0.717, 1.165) is 45.0 Å². The van der Waals surface area contributed by atoms with E-state index in [1.54, 1.807) is 0 Å². The summed E-state index contributed by atoms with van der Waals surface area (Å²) in [5.41, 5.74) is 4.67. The van der Waals surface area contributed by atoms with Crippen LogP contribution in [0.15, 0.2) is 48.5 Å². The topological polar surface area (TPSA) is 38.8 Å². The van der Waals surface area contributed by atoms with Gasteiger partial charge >= 0.3 is 6.03 Å². The Morgan fingerprint density at radius 3 is 2.15 bits per heavy atom. The zero-order valence-electron chi connectivity index (χ0n) is 16.0. The van der Waals surface area contributed by atoms with Crippen molar-refractivity contribution < 1.29 is 4.79 Å². The van der Waals surface area contributed by atoms with Crippen molar-refractivity contribution >= 4 is 23.1 Å². The molecule has 2 fully saturated rings. The van der Waals surface area contributed by atoms with Crippen LogP contribution in [0.25, 0.3) is 0 Å². The van der Waals surface area contributed by atoms with Gasteiger partial charge in [0.15, 0.2) is 0 Å². The van der Waals surface area contributed by atoms with E-state index in [1.165, 1.54) is 29.8 Å². The molecule has 0 atom stereocenters. The summed E-state index contributed by atoms with van der Waals surface area (Å²) in [6.07, 6.45) is 2.54. The fourth-order valence-corrected chi connectivity index (χ4v) is 4.00. The number of para-hydroxylation sites is 1. The van der Waals surface area contributed by atoms with Gasteiger partial charge in [-0.05, 0) is 55.7 Å². The molecule has 0 aromatic heterocycles. The number of carbonyl (C=O) groups is 1. The molecule has 0 unspecified atom stereocenters. The van der Waals surface area contributed by atoms with Crippen LogP contribution in [0.1, 0.15) is 18.4 Å². The first-order chi connectivity index (χ1) is 13.2. The minimum atomic E-state index is -0.00615. The van der Waals surface area contributed by atoms with Gasteiger partial charge in [-0.15, -0.1) is 0 Å². The highest BCUT2D eigenvalue weighted by Crippen LogP contribution is 2.23. The van der Waals surface area contributed by atoms with Crippen LogP contribution in [0.5, 0.6) is 0 Å². The van der Waals surface area contributed by atoms with E-state index in [2.05, 4.69) is 58.4 Å². The molecule has 0 radical (unpaired) electrons. The van der Waals surface area contributed by atoms with E-state index in [0.29, 0.717) is 0 Å². The smallest absolute Gasteiger partial charge is 0.321 e. The van der Waals surface area contributed by atoms with Gasteiger partial charge in [0.05, 0.1) is 0 Å². The molecule has 142 valence electrons. The molecule has 2 aromatic rings. The highest BCUT2D eigenvalue weighted by molar-refractivity contribution is 5.89. The van der Waals surface area contributed by atoms with Crippen molar-refractivity contribution in [2.45, 2.75) is 19.8 Å². The Kier molecular flexibility index (Phi) is 5.19. The third kappa shape index (κ3) is 4.02. The number of anilines is 3. The second-order valence-corrected chi connectivity index (χ2v) is 7.43. The first-order valence-electron chi connectivity index (χ1n) is 9.92. The van der Waals surface area contributed by atoms with Gasteiger partial charge in [0.25, 0.3) is 0 Å². The molecule has 1 N–H and O–H groups in total. The van der Waals surface area contributed by atoms with Gasteiger partial charge in [0.2, 0.25) is 0 Å². The lowest BCUT2D eigenvalue weighted by atomic mass is 10.1. The van der Waals surface area contributed by atoms with Crippen molar-refractivity contribution in [3.8, 4) is 0 Å². The predicted octanol–water partition coefficient (Wildman–Crippen LogP) is 3.95. The fourth-order valence-electron chi connectivity index (χ4n) is 4.00. The van der Waals surface area contributed by atoms with Crippen LogP contribution in [0, 0.1) is 6.92 Å². The fraction of sp³-hybridized carbons (Fsp3) is 0.409. The van der Waals surface area contributed by atoms with Crippen LogP contribution in [0.4, 0.5) is 21.9 Å². The summed E-state index contributed by atoms with van der Waals surface area (Å²) in [6, 6.07) is 16.7. The van der Waals surface area contributed by atoms with E-state index in [4.69, 9.17) is 0 Å². The van der Waals surface area contributed by atoms with E-state index >= 15 is 0 Å². The molecule has 0 saturated carbocycles. The van der Waals surface area contributed by atoms with Crippen LogP contribution in [-0.2, 0) is 0 Å². The molecular formula is C22H28N4O. The lowest BCUT2D eigenvalue weighted by Crippen LogP contribution is -2.50. The number of nitrogens with one attached hydrogen (secondary N) is 1. The summed E-state index contributed by atoms with van der Waals surface area (Å²) in [7, 11) is 0. The number of carbonyl (C=O) groups excluding carboxylic acids is 1. The second-order valence-electron chi connectivity index (χ2n) is 7.43. The zero-order chi connectivity index (χ0) is 18.6. The number of piperazine rings is 1. The Morgan fingerprint density at radius 2 is 1.48 bits per heavy atom. The summed E-state index contributed by atoms with van der Waals surface area (Å²) < 4.78 is 0. The molecule has 0 spiro atoms. The van der Waals surface area contributed by atoms with Crippen molar-refractivity contribution in [1.29, 1.82) is 0 Å². The highest BCUT2D eigenvalue weighted by atomic mass is 16.2. The molecule has 2 aliphatic heterocycles. The Bertz CT molecular complexity index is 775. The minimum Gasteiger partial charge on any atom is -0.372 e. The summed E-state index contributed by atoms with van der Waals surface area (Å²) in [4.78, 5) is 19.3. The maximum atomic E-state index is 12.6. The van der Waals surface area contributed by atoms with Gasteiger partial charge in [-0.25, -0.2) is 4.79 Å². The molecular weight excluding hydrogens is 336 g/mol. The van der Waals surface area contributed by atoms with E-state index in [-0.39, 0.29) is 6.03 Å². The van der Waals surface area contributed by atoms with Crippen LogP contribution in [0.2, 0.25) is 0 Å². The SMILES string of the molecule is Cc1ccccc1N1CCN(C(=O)Nc2ccc(N3CCCC3)cc2)CC1. The third-order valence-electron chi connectivity index (χ3n) is 5.61. The highest BCUT2D eigenvalue weighted by Gasteiger charge is 2.22. The third-order valence-corrected chi connectivity index (χ3v) is 5.61. The summed E-state index contributed by atoms with van der Waals surface area (Å²) in [5.74, 6) is 0. The van der Waals surface area contributed by atoms with Gasteiger partial charge in [0.1, 0.15) is 0 Å². The molecule has 27 heavy (non-hydrogen) atoms. The Labute approximate surface area is 161 Å². The lowest BCUT2D eigenvalue weighted by Gasteiger charge is -2.36. The van der Waals surface area contributed by atoms with Crippen LogP contribution < -0.4 is 15.1 Å². The molecule has 5 nitrogen and oxygen atoms in total. The largest absolute Gasteiger partial charge is 0.372 e. The van der Waals surface area contributed by atoms with Crippen molar-refractivity contribution in [3.63, 3.8) is 0 Å². The number of urea groups is 1. The molecule has 2 aromatic carbocycles. The molecule has 2 amide bonds. The molecule has 4 rings (SSSR count). The molecule has 0 aliphatic carbocycles. The normalized spacial score (nSPS) is 17.3. The summed E-state index contributed by atoms with van der Waals surface area (Å²) in [5, 5.41) is 3.05. The first-order valence-corrected chi connectivity index (χ1v) is 9.92. The Balaban J connectivity index is 1.31. The Hall–Kier alpha value is -2.69. The molecule has 2 aliphatic rings. The number of aryl methyl sites for hydroxylation is 1. The maximum absolute atomic E-state index is 12.6. The summed E-state index contributed by atoms with van der Waals surface area (Å²) in [6.45, 7) is 7.63. The average Bonchev–Trinajstić information content (AvgIpc) is 3.24. The average molecular weight is 364 g/mol. The van der Waals surface area contributed by atoms with Crippen LogP contribution >= 0.6 is 0 Å². The molecule has 2 heterocycles. The number of amides is 2. The monoisotopic (exact) mass is 364 g/mol. The van der Waals surface area contributed by atoms with Gasteiger partial charge in [-0.2, -0.15) is 0 Å². The van der Waals surface area contributed by atoms with Crippen molar-refractivity contribution in [3.05, 3.63) is 54.1 Å². The van der Waals surface area contributed by atoms with Crippen molar-refractivity contribution in [2.75, 3.05) is 54.4 Å². The first kappa shape index (κ1) is 17.7.